The molecular weight excluding hydrogens is 658 g/mol. The van der Waals surface area contributed by atoms with Gasteiger partial charge in [0.15, 0.2) is 46.5 Å². The zero-order chi connectivity index (χ0) is 32.0. The van der Waals surface area contributed by atoms with Gasteiger partial charge in [-0.15, -0.1) is 0 Å². The van der Waals surface area contributed by atoms with Crippen LogP contribution >= 0.6 is 0 Å². The topological polar surface area (TPSA) is 98.1 Å². The molecule has 0 saturated heterocycles. The number of imidazole rings is 1. The number of carboxylic acids is 2. The van der Waals surface area contributed by atoms with E-state index in [0.29, 0.717) is 0 Å². The first-order chi connectivity index (χ1) is 19.6. The van der Waals surface area contributed by atoms with Crippen LogP contribution in [-0.2, 0) is 30.0 Å². The molecule has 1 aromatic heterocycles. The van der Waals surface area contributed by atoms with Crippen LogP contribution in [-0.4, -0.2) is 21.5 Å². The fourth-order valence-electron chi connectivity index (χ4n) is 3.46. The Morgan fingerprint density at radius 2 is 1.00 bits per heavy atom. The summed E-state index contributed by atoms with van der Waals surface area (Å²) >= 11 is 0. The Morgan fingerprint density at radius 3 is 1.33 bits per heavy atom. The molecular formula is C26H16CuF10N2O4. The van der Waals surface area contributed by atoms with Gasteiger partial charge in [0.05, 0.1) is 34.1 Å². The maximum atomic E-state index is 12.5. The second kappa shape index (κ2) is 15.4. The van der Waals surface area contributed by atoms with Gasteiger partial charge < -0.3 is 24.4 Å². The summed E-state index contributed by atoms with van der Waals surface area (Å²) in [4.78, 5) is 24.7. The van der Waals surface area contributed by atoms with Crippen molar-refractivity contribution in [2.45, 2.75) is 33.2 Å². The Balaban J connectivity index is 0.000000319. The minimum Gasteiger partial charge on any atom is -0.545 e. The number of benzene rings is 3. The van der Waals surface area contributed by atoms with Crippen LogP contribution in [0.15, 0.2) is 24.3 Å². The fraction of sp³-hybridized carbons (Fsp3) is 0.192. The third kappa shape index (κ3) is 7.65. The summed E-state index contributed by atoms with van der Waals surface area (Å²) < 4.78 is 126. The molecule has 4 rings (SSSR count). The number of fused-ring (bicyclic) bond motifs is 1. The number of carboxylic acid groups (broad SMARTS) is 2. The van der Waals surface area contributed by atoms with Gasteiger partial charge in [-0.25, -0.2) is 48.9 Å². The number of carbonyl (C=O) groups is 2. The summed E-state index contributed by atoms with van der Waals surface area (Å²) in [5, 5.41) is 20.0. The Kier molecular flexibility index (Phi) is 13.2. The van der Waals surface area contributed by atoms with Crippen LogP contribution in [0.5, 0.6) is 0 Å². The number of hydrogen-bond donors (Lipinski definition) is 0. The summed E-state index contributed by atoms with van der Waals surface area (Å²) in [6, 6.07) is 8.35. The molecule has 0 aliphatic heterocycles. The van der Waals surface area contributed by atoms with Gasteiger partial charge in [0.1, 0.15) is 5.82 Å². The van der Waals surface area contributed by atoms with Gasteiger partial charge in [0.25, 0.3) is 0 Å². The molecule has 235 valence electrons. The van der Waals surface area contributed by atoms with Crippen LogP contribution in [0.3, 0.4) is 0 Å². The van der Waals surface area contributed by atoms with Crippen LogP contribution < -0.4 is 10.2 Å². The average molecular weight is 674 g/mol. The summed E-state index contributed by atoms with van der Waals surface area (Å²) in [7, 11) is 0. The van der Waals surface area contributed by atoms with E-state index in [9.17, 15) is 63.7 Å². The van der Waals surface area contributed by atoms with Gasteiger partial charge in [-0.2, -0.15) is 0 Å². The molecule has 6 nitrogen and oxygen atoms in total. The van der Waals surface area contributed by atoms with E-state index in [-0.39, 0.29) is 17.1 Å². The van der Waals surface area contributed by atoms with Crippen LogP contribution in [0.1, 0.15) is 46.8 Å². The number of carbonyl (C=O) groups excluding carboxylic acids is 2. The molecule has 1 radical (unpaired) electrons. The van der Waals surface area contributed by atoms with Gasteiger partial charge in [-0.3, -0.25) is 0 Å². The number of halogens is 10. The van der Waals surface area contributed by atoms with Crippen molar-refractivity contribution in [1.29, 1.82) is 0 Å². The molecule has 0 bridgehead atoms. The predicted molar refractivity (Wildman–Crippen MR) is 121 cm³/mol. The normalized spacial score (nSPS) is 10.3. The molecule has 0 atom stereocenters. The smallest absolute Gasteiger partial charge is 0.545 e. The van der Waals surface area contributed by atoms with E-state index in [1.807, 2.05) is 6.07 Å². The van der Waals surface area contributed by atoms with Gasteiger partial charge in [0.2, 0.25) is 11.6 Å². The number of hydrogen-bond acceptors (Lipinski definition) is 5. The molecule has 0 saturated carbocycles. The molecule has 3 aromatic carbocycles. The molecule has 4 aromatic rings. The molecule has 43 heavy (non-hydrogen) atoms. The molecule has 0 fully saturated rings. The second-order valence-corrected chi connectivity index (χ2v) is 7.98. The molecule has 1 heterocycles. The van der Waals surface area contributed by atoms with Crippen LogP contribution in [0.25, 0.3) is 11.0 Å². The number of rotatable bonds is 5. The molecule has 0 N–H and O–H groups in total. The summed E-state index contributed by atoms with van der Waals surface area (Å²) in [6.45, 7) is 5.38. The first-order valence-electron chi connectivity index (χ1n) is 11.5. The number of aromatic carboxylic acids is 2. The fourth-order valence-corrected chi connectivity index (χ4v) is 3.46. The first kappa shape index (κ1) is 36.9. The Labute approximate surface area is 246 Å². The van der Waals surface area contributed by atoms with E-state index in [1.54, 1.807) is 0 Å². The standard InChI is InChI=1S/C12H16N2.2C7HF5O2.Cu/c1-3-7-12-13-10-8-5-6-9-11(10)14(12)4-2;2*8-2-1(7(13)14)3(9)5(11)6(12)4(2)10;/h5-6,8-9H,3-4,7H2,1-2H3;2*(H,13,14);/q;;;+2/p-2. The summed E-state index contributed by atoms with van der Waals surface area (Å²) in [5.74, 6) is -27.5. The monoisotopic (exact) mass is 673 g/mol. The number of aromatic nitrogens is 2. The van der Waals surface area contributed by atoms with Crippen molar-refractivity contribution >= 4 is 23.0 Å². The average Bonchev–Trinajstić information content (AvgIpc) is 3.30. The predicted octanol–water partition coefficient (Wildman–Crippen LogP) is 4.50. The van der Waals surface area contributed by atoms with Gasteiger partial charge in [-0.1, -0.05) is 19.1 Å². The molecule has 0 amide bonds. The second-order valence-electron chi connectivity index (χ2n) is 7.98. The SMILES string of the molecule is CCCc1nc2ccccc2n1CC.O=C([O-])c1c(F)c(F)c(F)c(F)c1F.O=C([O-])c1c(F)c(F)c(F)c(F)c1F.[Cu+2]. The zero-order valence-electron chi connectivity index (χ0n) is 21.5. The molecule has 0 aliphatic carbocycles. The van der Waals surface area contributed by atoms with Gasteiger partial charge >= 0.3 is 17.1 Å². The van der Waals surface area contributed by atoms with E-state index < -0.39 is 81.2 Å². The minimum absolute atomic E-state index is 0. The molecule has 0 spiro atoms. The van der Waals surface area contributed by atoms with Crippen molar-refractivity contribution in [2.75, 3.05) is 0 Å². The molecule has 17 heteroatoms. The van der Waals surface area contributed by atoms with Crippen molar-refractivity contribution in [3.63, 3.8) is 0 Å². The summed E-state index contributed by atoms with van der Waals surface area (Å²) in [5.41, 5.74) is -1.56. The van der Waals surface area contributed by atoms with Crippen LogP contribution in [0, 0.1) is 58.2 Å². The van der Waals surface area contributed by atoms with Crippen molar-refractivity contribution in [2.24, 2.45) is 0 Å². The Hall–Kier alpha value is -4.11. The summed E-state index contributed by atoms with van der Waals surface area (Å²) in [6.07, 6.45) is 2.23. The van der Waals surface area contributed by atoms with E-state index in [1.165, 1.54) is 11.3 Å². The number of aryl methyl sites for hydroxylation is 2. The van der Waals surface area contributed by atoms with E-state index in [4.69, 9.17) is 0 Å². The Bertz CT molecular complexity index is 1530. The van der Waals surface area contributed by atoms with Gasteiger partial charge in [0, 0.05) is 13.0 Å². The third-order valence-electron chi connectivity index (χ3n) is 5.35. The van der Waals surface area contributed by atoms with E-state index >= 15 is 0 Å². The third-order valence-corrected chi connectivity index (χ3v) is 5.35. The number of nitrogens with zero attached hydrogens (tertiary/aromatic N) is 2. The van der Waals surface area contributed by atoms with Crippen molar-refractivity contribution in [3.05, 3.63) is 99.4 Å². The quantitative estimate of drug-likeness (QED) is 0.135. The first-order valence-corrected chi connectivity index (χ1v) is 11.5. The molecule has 0 unspecified atom stereocenters. The van der Waals surface area contributed by atoms with Crippen LogP contribution in [0.2, 0.25) is 0 Å². The Morgan fingerprint density at radius 1 is 0.651 bits per heavy atom. The minimum atomic E-state index is -2.47. The maximum Gasteiger partial charge on any atom is 2.00 e. The largest absolute Gasteiger partial charge is 2.00 e. The van der Waals surface area contributed by atoms with Crippen molar-refractivity contribution in [3.8, 4) is 0 Å². The maximum absolute atomic E-state index is 12.5. The van der Waals surface area contributed by atoms with E-state index in [2.05, 4.69) is 41.6 Å². The van der Waals surface area contributed by atoms with Crippen molar-refractivity contribution in [1.82, 2.24) is 9.55 Å². The van der Waals surface area contributed by atoms with Crippen LogP contribution in [0.4, 0.5) is 43.9 Å². The van der Waals surface area contributed by atoms with Gasteiger partial charge in [-0.05, 0) is 25.5 Å². The zero-order valence-corrected chi connectivity index (χ0v) is 22.5. The molecule has 0 aliphatic rings. The van der Waals surface area contributed by atoms with Crippen molar-refractivity contribution < 1.29 is 80.8 Å². The van der Waals surface area contributed by atoms with E-state index in [0.717, 1.165) is 24.9 Å². The number of para-hydroxylation sites is 2.